The normalized spacial score (nSPS) is 11.8. The van der Waals surface area contributed by atoms with Crippen LogP contribution in [0.4, 0.5) is 0 Å². The molecule has 0 radical (unpaired) electrons. The van der Waals surface area contributed by atoms with Crippen LogP contribution in [0.15, 0.2) is 11.1 Å². The van der Waals surface area contributed by atoms with E-state index >= 15 is 0 Å². The van der Waals surface area contributed by atoms with Gasteiger partial charge in [-0.2, -0.15) is 0 Å². The summed E-state index contributed by atoms with van der Waals surface area (Å²) in [6.45, 7) is 8.94. The molecule has 0 heterocycles. The molecule has 4 nitrogen and oxygen atoms in total. The molecule has 0 atom stereocenters. The van der Waals surface area contributed by atoms with Gasteiger partial charge in [0.05, 0.1) is 13.2 Å². The van der Waals surface area contributed by atoms with Crippen molar-refractivity contribution in [1.29, 1.82) is 0 Å². The number of esters is 2. The van der Waals surface area contributed by atoms with Crippen molar-refractivity contribution in [1.82, 2.24) is 0 Å². The summed E-state index contributed by atoms with van der Waals surface area (Å²) in [5.74, 6) is -0.683. The van der Waals surface area contributed by atoms with Crippen LogP contribution in [0.2, 0.25) is 0 Å². The van der Waals surface area contributed by atoms with Gasteiger partial charge in [0.25, 0.3) is 0 Å². The predicted octanol–water partition coefficient (Wildman–Crippen LogP) is 5.35. The van der Waals surface area contributed by atoms with Gasteiger partial charge in [0.1, 0.15) is 0 Å². The Morgan fingerprint density at radius 2 is 1.04 bits per heavy atom. The maximum absolute atomic E-state index is 12.5. The molecular formula is C20H36O4. The molecule has 0 rings (SSSR count). The lowest BCUT2D eigenvalue weighted by Gasteiger charge is -2.14. The van der Waals surface area contributed by atoms with Crippen molar-refractivity contribution in [3.8, 4) is 0 Å². The largest absolute Gasteiger partial charge is 0.462 e. The molecule has 0 saturated heterocycles. The van der Waals surface area contributed by atoms with E-state index in [1.54, 1.807) is 0 Å². The minimum atomic E-state index is -0.343. The zero-order chi connectivity index (χ0) is 18.2. The average molecular weight is 341 g/mol. The highest BCUT2D eigenvalue weighted by Gasteiger charge is 2.22. The number of ether oxygens (including phenoxy) is 2. The second-order valence-electron chi connectivity index (χ2n) is 6.14. The Balaban J connectivity index is 5.29. The molecule has 0 aliphatic rings. The lowest BCUT2D eigenvalue weighted by atomic mass is 9.97. The van der Waals surface area contributed by atoms with E-state index in [2.05, 4.69) is 13.8 Å². The molecule has 0 saturated carbocycles. The van der Waals surface area contributed by atoms with Crippen LogP contribution in [0, 0.1) is 0 Å². The molecule has 0 N–H and O–H groups in total. The Labute approximate surface area is 148 Å². The van der Waals surface area contributed by atoms with Crippen molar-refractivity contribution >= 4 is 11.9 Å². The Hall–Kier alpha value is -1.32. The highest BCUT2D eigenvalue weighted by Crippen LogP contribution is 2.22. The van der Waals surface area contributed by atoms with Crippen LogP contribution in [0.25, 0.3) is 0 Å². The summed E-state index contributed by atoms with van der Waals surface area (Å²) in [4.78, 5) is 24.9. The summed E-state index contributed by atoms with van der Waals surface area (Å²) in [6, 6.07) is 0. The second kappa shape index (κ2) is 15.2. The Kier molecular flexibility index (Phi) is 14.4. The van der Waals surface area contributed by atoms with E-state index in [4.69, 9.17) is 9.47 Å². The number of carbonyl (C=O) groups is 2. The van der Waals surface area contributed by atoms with Gasteiger partial charge >= 0.3 is 11.9 Å². The Morgan fingerprint density at radius 1 is 0.583 bits per heavy atom. The molecule has 0 aliphatic carbocycles. The minimum absolute atomic E-state index is 0.340. The van der Waals surface area contributed by atoms with Gasteiger partial charge in [-0.1, -0.05) is 53.4 Å². The molecule has 4 heteroatoms. The van der Waals surface area contributed by atoms with Crippen molar-refractivity contribution in [2.24, 2.45) is 0 Å². The highest BCUT2D eigenvalue weighted by atomic mass is 16.5. The Bertz CT molecular complexity index is 385. The molecule has 0 unspecified atom stereocenters. The lowest BCUT2D eigenvalue weighted by Crippen LogP contribution is -2.18. The van der Waals surface area contributed by atoms with E-state index in [-0.39, 0.29) is 11.9 Å². The second-order valence-corrected chi connectivity index (χ2v) is 6.14. The topological polar surface area (TPSA) is 52.6 Å². The molecule has 0 aliphatic heterocycles. The van der Waals surface area contributed by atoms with Crippen LogP contribution in [0.3, 0.4) is 0 Å². The van der Waals surface area contributed by atoms with E-state index in [9.17, 15) is 9.59 Å². The maximum atomic E-state index is 12.5. The summed E-state index contributed by atoms with van der Waals surface area (Å²) < 4.78 is 10.6. The summed E-state index contributed by atoms with van der Waals surface area (Å²) in [6.07, 6.45) is 8.83. The van der Waals surface area contributed by atoms with Gasteiger partial charge in [0, 0.05) is 11.1 Å². The van der Waals surface area contributed by atoms with E-state index in [0.29, 0.717) is 37.2 Å². The molecule has 0 amide bonds. The fraction of sp³-hybridized carbons (Fsp3) is 0.800. The first-order valence-electron chi connectivity index (χ1n) is 9.68. The van der Waals surface area contributed by atoms with Crippen LogP contribution < -0.4 is 0 Å². The first-order chi connectivity index (χ1) is 11.6. The van der Waals surface area contributed by atoms with Crippen molar-refractivity contribution in [2.75, 3.05) is 13.2 Å². The lowest BCUT2D eigenvalue weighted by molar-refractivity contribution is -0.142. The number of hydrogen-bond donors (Lipinski definition) is 0. The quantitative estimate of drug-likeness (QED) is 0.243. The molecule has 0 aromatic carbocycles. The van der Waals surface area contributed by atoms with Crippen molar-refractivity contribution in [2.45, 2.75) is 91.9 Å². The first-order valence-corrected chi connectivity index (χ1v) is 9.68. The predicted molar refractivity (Wildman–Crippen MR) is 97.8 cm³/mol. The van der Waals surface area contributed by atoms with Crippen LogP contribution >= 0.6 is 0 Å². The molecule has 0 spiro atoms. The molecule has 0 aromatic heterocycles. The van der Waals surface area contributed by atoms with E-state index in [1.165, 1.54) is 0 Å². The zero-order valence-electron chi connectivity index (χ0n) is 16.1. The van der Waals surface area contributed by atoms with Gasteiger partial charge in [-0.15, -0.1) is 0 Å². The van der Waals surface area contributed by atoms with Gasteiger partial charge in [-0.3, -0.25) is 0 Å². The highest BCUT2D eigenvalue weighted by molar-refractivity contribution is 6.00. The van der Waals surface area contributed by atoms with E-state index in [0.717, 1.165) is 51.4 Å². The van der Waals surface area contributed by atoms with Gasteiger partial charge in [0.2, 0.25) is 0 Å². The van der Waals surface area contributed by atoms with E-state index in [1.807, 2.05) is 13.8 Å². The fourth-order valence-electron chi connectivity index (χ4n) is 2.40. The third-order valence-electron chi connectivity index (χ3n) is 3.79. The molecule has 0 fully saturated rings. The Morgan fingerprint density at radius 3 is 1.46 bits per heavy atom. The molecule has 0 aromatic rings. The van der Waals surface area contributed by atoms with E-state index < -0.39 is 0 Å². The smallest absolute Gasteiger partial charge is 0.334 e. The van der Waals surface area contributed by atoms with Crippen molar-refractivity contribution in [3.05, 3.63) is 11.1 Å². The molecular weight excluding hydrogens is 304 g/mol. The first kappa shape index (κ1) is 22.7. The zero-order valence-corrected chi connectivity index (χ0v) is 16.1. The summed E-state index contributed by atoms with van der Waals surface area (Å²) in [5.41, 5.74) is 1.07. The van der Waals surface area contributed by atoms with Crippen LogP contribution in [0.1, 0.15) is 91.9 Å². The minimum Gasteiger partial charge on any atom is -0.462 e. The summed E-state index contributed by atoms with van der Waals surface area (Å²) in [7, 11) is 0. The third kappa shape index (κ3) is 9.74. The van der Waals surface area contributed by atoms with Gasteiger partial charge in [-0.05, 0) is 38.5 Å². The number of rotatable bonds is 14. The average Bonchev–Trinajstić information content (AvgIpc) is 2.59. The van der Waals surface area contributed by atoms with Gasteiger partial charge < -0.3 is 9.47 Å². The standard InChI is InChI=1S/C20H36O4/c1-5-9-11-12-14-18(20(22)24-16-8-4)17(13-10-6-2)19(21)23-15-7-3/h5-16H2,1-4H3/b18-17-. The number of unbranched alkanes of at least 4 members (excludes halogenated alkanes) is 4. The van der Waals surface area contributed by atoms with Crippen LogP contribution in [0.5, 0.6) is 0 Å². The third-order valence-corrected chi connectivity index (χ3v) is 3.79. The van der Waals surface area contributed by atoms with Crippen LogP contribution in [-0.2, 0) is 19.1 Å². The van der Waals surface area contributed by atoms with Gasteiger partial charge in [-0.25, -0.2) is 9.59 Å². The summed E-state index contributed by atoms with van der Waals surface area (Å²) >= 11 is 0. The van der Waals surface area contributed by atoms with Crippen LogP contribution in [-0.4, -0.2) is 25.2 Å². The number of carbonyl (C=O) groups excluding carboxylic acids is 2. The molecule has 24 heavy (non-hydrogen) atoms. The number of hydrogen-bond acceptors (Lipinski definition) is 4. The fourth-order valence-corrected chi connectivity index (χ4v) is 2.40. The monoisotopic (exact) mass is 340 g/mol. The van der Waals surface area contributed by atoms with Crippen molar-refractivity contribution in [3.63, 3.8) is 0 Å². The van der Waals surface area contributed by atoms with Crippen molar-refractivity contribution < 1.29 is 19.1 Å². The van der Waals surface area contributed by atoms with Gasteiger partial charge in [0.15, 0.2) is 0 Å². The summed E-state index contributed by atoms with van der Waals surface area (Å²) in [5, 5.41) is 0. The molecule has 0 bridgehead atoms. The maximum Gasteiger partial charge on any atom is 0.334 e. The molecule has 140 valence electrons. The SMILES string of the molecule is CCCCCC/C(C(=O)OCCC)=C(\CCCC)C(=O)OCCC.